The van der Waals surface area contributed by atoms with Gasteiger partial charge in [-0.15, -0.1) is 0 Å². The Morgan fingerprint density at radius 1 is 0.286 bits per heavy atom. The van der Waals surface area contributed by atoms with E-state index < -0.39 is 0 Å². The Bertz CT molecular complexity index is 2900. The molecule has 0 fully saturated rings. The second-order valence-corrected chi connectivity index (χ2v) is 13.5. The lowest BCUT2D eigenvalue weighted by molar-refractivity contribution is 1.09. The van der Waals surface area contributed by atoms with Crippen LogP contribution >= 0.6 is 0 Å². The van der Waals surface area contributed by atoms with Crippen molar-refractivity contribution in [1.82, 2.24) is 44.0 Å². The van der Waals surface area contributed by atoms with E-state index in [9.17, 15) is 0 Å². The molecule has 0 N–H and O–H groups in total. The van der Waals surface area contributed by atoms with E-state index in [0.29, 0.717) is 0 Å². The summed E-state index contributed by atoms with van der Waals surface area (Å²) in [6.45, 7) is 0. The lowest BCUT2D eigenvalue weighted by Crippen LogP contribution is -2.02. The van der Waals surface area contributed by atoms with Gasteiger partial charge in [-0.05, 0) is 91.0 Å². The zero-order valence-electron chi connectivity index (χ0n) is 29.8. The van der Waals surface area contributed by atoms with Crippen molar-refractivity contribution in [2.24, 2.45) is 0 Å². The Hall–Kier alpha value is -7.91. The maximum Gasteiger partial charge on any atom is 0.148 e. The fourth-order valence-electron chi connectivity index (χ4n) is 7.65. The first-order valence-electron chi connectivity index (χ1n) is 18.3. The van der Waals surface area contributed by atoms with Crippen molar-refractivity contribution in [2.45, 2.75) is 0 Å². The van der Waals surface area contributed by atoms with Crippen molar-refractivity contribution in [3.8, 4) is 56.9 Å². The van der Waals surface area contributed by atoms with E-state index in [-0.39, 0.29) is 0 Å². The van der Waals surface area contributed by atoms with Gasteiger partial charge in [0, 0.05) is 46.3 Å². The number of hydrogen-bond donors (Lipinski definition) is 0. The Morgan fingerprint density at radius 3 is 0.964 bits per heavy atom. The zero-order chi connectivity index (χ0) is 37.0. The van der Waals surface area contributed by atoms with Crippen LogP contribution in [0.3, 0.4) is 0 Å². The minimum absolute atomic E-state index is 0.741. The summed E-state index contributed by atoms with van der Waals surface area (Å²) in [4.78, 5) is 34.5. The lowest BCUT2D eigenvalue weighted by atomic mass is 10.1. The smallest absolute Gasteiger partial charge is 0.148 e. The van der Waals surface area contributed by atoms with Crippen LogP contribution in [0.2, 0.25) is 0 Å². The van der Waals surface area contributed by atoms with Crippen LogP contribution in [0, 0.1) is 0 Å². The van der Waals surface area contributed by atoms with Crippen LogP contribution in [0.25, 0.3) is 101 Å². The summed E-state index contributed by atoms with van der Waals surface area (Å²) in [6.07, 6.45) is 7.16. The quantitative estimate of drug-likeness (QED) is 0.169. The number of rotatable bonds is 6. The molecule has 262 valence electrons. The molecule has 9 heterocycles. The lowest BCUT2D eigenvalue weighted by Gasteiger charge is -2.13. The fourth-order valence-corrected chi connectivity index (χ4v) is 7.65. The Kier molecular flexibility index (Phi) is 7.27. The molecule has 0 spiro atoms. The molecule has 0 atom stereocenters. The van der Waals surface area contributed by atoms with E-state index in [2.05, 4.69) is 108 Å². The molecule has 11 rings (SSSR count). The van der Waals surface area contributed by atoms with Crippen LogP contribution in [-0.4, -0.2) is 44.0 Å². The van der Waals surface area contributed by atoms with Crippen LogP contribution in [0.1, 0.15) is 0 Å². The number of fused-ring (bicyclic) bond motifs is 6. The average Bonchev–Trinajstić information content (AvgIpc) is 3.78. The molecule has 0 radical (unpaired) electrons. The topological polar surface area (TPSA) is 100 Å². The molecule has 0 aliphatic heterocycles. The second kappa shape index (κ2) is 12.9. The van der Waals surface area contributed by atoms with Gasteiger partial charge >= 0.3 is 0 Å². The highest BCUT2D eigenvalue weighted by Crippen LogP contribution is 2.39. The van der Waals surface area contributed by atoms with E-state index in [1.54, 1.807) is 24.8 Å². The molecule has 9 heteroatoms. The molecule has 11 aromatic rings. The van der Waals surface area contributed by atoms with E-state index in [1.165, 1.54) is 0 Å². The van der Waals surface area contributed by atoms with Gasteiger partial charge in [-0.2, -0.15) is 0 Å². The van der Waals surface area contributed by atoms with Gasteiger partial charge in [0.05, 0.1) is 68.0 Å². The van der Waals surface area contributed by atoms with Crippen LogP contribution in [0.4, 0.5) is 0 Å². The summed E-state index contributed by atoms with van der Waals surface area (Å²) >= 11 is 0. The fraction of sp³-hybridized carbons (Fsp3) is 0. The standard InChI is InChI=1S/C47H29N9/c1-3-19-44-32(13-1)34-29-35-33-14-2-4-20-45(33)56(31-27-42(38-17-7-11-23-50-38)53-43(28-31)39-18-8-12-24-51-39)47(35)54-46(34)55(44)30-25-40(36-15-5-9-21-48-36)52-41(26-30)37-16-6-10-22-49-37/h1-29H. The van der Waals surface area contributed by atoms with Crippen molar-refractivity contribution in [3.05, 3.63) is 176 Å². The van der Waals surface area contributed by atoms with Gasteiger partial charge in [0.25, 0.3) is 0 Å². The van der Waals surface area contributed by atoms with E-state index in [0.717, 1.165) is 101 Å². The largest absolute Gasteiger partial charge is 0.294 e. The van der Waals surface area contributed by atoms with Gasteiger partial charge in [0.1, 0.15) is 11.3 Å². The number of pyridine rings is 7. The third-order valence-electron chi connectivity index (χ3n) is 10.1. The molecule has 0 aliphatic carbocycles. The Balaban J connectivity index is 1.23. The van der Waals surface area contributed by atoms with E-state index >= 15 is 0 Å². The number of para-hydroxylation sites is 2. The summed E-state index contributed by atoms with van der Waals surface area (Å²) in [5, 5.41) is 4.29. The first-order chi connectivity index (χ1) is 27.8. The van der Waals surface area contributed by atoms with Gasteiger partial charge in [0.15, 0.2) is 0 Å². The van der Waals surface area contributed by atoms with Crippen LogP contribution < -0.4 is 0 Å². The van der Waals surface area contributed by atoms with E-state index in [1.807, 2.05) is 72.8 Å². The summed E-state index contributed by atoms with van der Waals surface area (Å²) in [7, 11) is 0. The normalized spacial score (nSPS) is 11.6. The Morgan fingerprint density at radius 2 is 0.625 bits per heavy atom. The van der Waals surface area contributed by atoms with Crippen molar-refractivity contribution in [1.29, 1.82) is 0 Å². The van der Waals surface area contributed by atoms with Crippen molar-refractivity contribution < 1.29 is 0 Å². The molecule has 9 nitrogen and oxygen atoms in total. The summed E-state index contributed by atoms with van der Waals surface area (Å²) in [5.41, 5.74) is 11.6. The molecule has 56 heavy (non-hydrogen) atoms. The van der Waals surface area contributed by atoms with Crippen molar-refractivity contribution in [3.63, 3.8) is 0 Å². The van der Waals surface area contributed by atoms with Gasteiger partial charge in [-0.25, -0.2) is 15.0 Å². The molecular weight excluding hydrogens is 691 g/mol. The summed E-state index contributed by atoms with van der Waals surface area (Å²) in [6, 6.07) is 51.1. The van der Waals surface area contributed by atoms with Crippen LogP contribution in [0.15, 0.2) is 176 Å². The maximum atomic E-state index is 5.64. The van der Waals surface area contributed by atoms with Crippen molar-refractivity contribution in [2.75, 3.05) is 0 Å². The SMILES string of the molecule is c1ccc(-c2cc(-n3c4ccccc4c4cc5c6ccccc6n(-c6cc(-c7ccccn7)nc(-c7ccccn7)c6)c5nc43)cc(-c3ccccn3)n2)nc1. The minimum Gasteiger partial charge on any atom is -0.294 e. The number of benzene rings is 2. The highest BCUT2D eigenvalue weighted by molar-refractivity contribution is 6.16. The van der Waals surface area contributed by atoms with Gasteiger partial charge in [0.2, 0.25) is 0 Å². The van der Waals surface area contributed by atoms with Crippen LogP contribution in [-0.2, 0) is 0 Å². The van der Waals surface area contributed by atoms with E-state index in [4.69, 9.17) is 15.0 Å². The van der Waals surface area contributed by atoms with Gasteiger partial charge < -0.3 is 0 Å². The maximum absolute atomic E-state index is 5.64. The molecule has 0 bridgehead atoms. The third kappa shape index (κ3) is 5.21. The Labute approximate surface area is 320 Å². The summed E-state index contributed by atoms with van der Waals surface area (Å²) in [5.74, 6) is 0. The van der Waals surface area contributed by atoms with Crippen molar-refractivity contribution >= 4 is 43.9 Å². The molecule has 0 saturated heterocycles. The number of nitrogens with zero attached hydrogens (tertiary/aromatic N) is 9. The molecule has 2 aromatic carbocycles. The second-order valence-electron chi connectivity index (χ2n) is 13.5. The molecule has 0 aliphatic rings. The highest BCUT2D eigenvalue weighted by atomic mass is 15.1. The number of aromatic nitrogens is 9. The molecule has 9 aromatic heterocycles. The predicted molar refractivity (Wildman–Crippen MR) is 221 cm³/mol. The molecule has 0 unspecified atom stereocenters. The highest BCUT2D eigenvalue weighted by Gasteiger charge is 2.22. The molecular formula is C47H29N9. The zero-order valence-corrected chi connectivity index (χ0v) is 29.8. The summed E-state index contributed by atoms with van der Waals surface area (Å²) < 4.78 is 4.47. The monoisotopic (exact) mass is 719 g/mol. The predicted octanol–water partition coefficient (Wildman–Crippen LogP) is 10.3. The van der Waals surface area contributed by atoms with Gasteiger partial charge in [-0.3, -0.25) is 29.1 Å². The third-order valence-corrected chi connectivity index (χ3v) is 10.1. The first-order valence-corrected chi connectivity index (χ1v) is 18.3. The first kappa shape index (κ1) is 31.6. The van der Waals surface area contributed by atoms with Gasteiger partial charge in [-0.1, -0.05) is 60.7 Å². The average molecular weight is 720 g/mol. The van der Waals surface area contributed by atoms with Crippen LogP contribution in [0.5, 0.6) is 0 Å². The molecule has 0 amide bonds. The minimum atomic E-state index is 0.741. The molecule has 0 saturated carbocycles. The number of hydrogen-bond acceptors (Lipinski definition) is 7.